The zero-order chi connectivity index (χ0) is 13.8. The maximum atomic E-state index is 9.16. The molecular formula is C14H12N4O2. The predicted octanol–water partition coefficient (Wildman–Crippen LogP) is 2.45. The number of pyridine rings is 1. The maximum absolute atomic E-state index is 9.16. The molecule has 0 unspecified atom stereocenters. The first kappa shape index (κ1) is 12.2. The van der Waals surface area contributed by atoms with E-state index in [2.05, 4.69) is 20.5 Å². The summed E-state index contributed by atoms with van der Waals surface area (Å²) in [6, 6.07) is 11.1. The van der Waals surface area contributed by atoms with Crippen molar-refractivity contribution >= 4 is 5.69 Å². The van der Waals surface area contributed by atoms with Gasteiger partial charge in [-0.15, -0.1) is 10.2 Å². The number of nitrogens with one attached hydrogen (secondary N) is 1. The lowest BCUT2D eigenvalue weighted by atomic mass is 10.2. The van der Waals surface area contributed by atoms with Crippen LogP contribution in [0.1, 0.15) is 5.69 Å². The Balaban J connectivity index is 1.65. The van der Waals surface area contributed by atoms with E-state index >= 15 is 0 Å². The fraction of sp³-hybridized carbons (Fsp3) is 0.0714. The molecule has 1 aromatic carbocycles. The predicted molar refractivity (Wildman–Crippen MR) is 73.0 cm³/mol. The van der Waals surface area contributed by atoms with Gasteiger partial charge in [0.25, 0.3) is 0 Å². The molecule has 0 fully saturated rings. The first-order chi connectivity index (χ1) is 9.81. The Kier molecular flexibility index (Phi) is 3.28. The van der Waals surface area contributed by atoms with Crippen LogP contribution in [0.2, 0.25) is 0 Å². The van der Waals surface area contributed by atoms with E-state index in [1.165, 1.54) is 12.6 Å². The lowest BCUT2D eigenvalue weighted by molar-refractivity contribution is 0.472. The molecule has 0 bridgehead atoms. The largest absolute Gasteiger partial charge is 0.506 e. The number of aromatic hydroxyl groups is 1. The van der Waals surface area contributed by atoms with Crippen molar-refractivity contribution in [3.63, 3.8) is 0 Å². The van der Waals surface area contributed by atoms with Crippen LogP contribution in [0.5, 0.6) is 5.75 Å². The molecule has 0 spiro atoms. The molecule has 0 amide bonds. The average molecular weight is 268 g/mol. The molecule has 3 aromatic rings. The lowest BCUT2D eigenvalue weighted by Crippen LogP contribution is -2.00. The Bertz CT molecular complexity index is 663. The molecule has 0 aliphatic rings. The first-order valence-electron chi connectivity index (χ1n) is 6.05. The fourth-order valence-corrected chi connectivity index (χ4v) is 1.74. The number of benzene rings is 1. The minimum atomic E-state index is 0.165. The molecule has 0 atom stereocenters. The van der Waals surface area contributed by atoms with Crippen molar-refractivity contribution in [2.45, 2.75) is 6.54 Å². The highest BCUT2D eigenvalue weighted by molar-refractivity contribution is 5.58. The van der Waals surface area contributed by atoms with Gasteiger partial charge in [0.2, 0.25) is 12.3 Å². The summed E-state index contributed by atoms with van der Waals surface area (Å²) in [5.41, 5.74) is 2.68. The third kappa shape index (κ3) is 2.74. The van der Waals surface area contributed by atoms with Gasteiger partial charge in [0, 0.05) is 11.3 Å². The van der Waals surface area contributed by atoms with E-state index in [4.69, 9.17) is 9.52 Å². The third-order valence-electron chi connectivity index (χ3n) is 2.77. The van der Waals surface area contributed by atoms with Gasteiger partial charge >= 0.3 is 0 Å². The van der Waals surface area contributed by atoms with Crippen LogP contribution in [-0.4, -0.2) is 20.3 Å². The summed E-state index contributed by atoms with van der Waals surface area (Å²) in [5, 5.41) is 19.9. The van der Waals surface area contributed by atoms with Gasteiger partial charge in [-0.05, 0) is 36.4 Å². The van der Waals surface area contributed by atoms with Crippen LogP contribution < -0.4 is 5.32 Å². The summed E-state index contributed by atoms with van der Waals surface area (Å²) in [5.74, 6) is 0.661. The third-order valence-corrected chi connectivity index (χ3v) is 2.77. The molecule has 0 saturated heterocycles. The Hall–Kier alpha value is -2.89. The average Bonchev–Trinajstić information content (AvgIpc) is 3.01. The molecule has 20 heavy (non-hydrogen) atoms. The Labute approximate surface area is 115 Å². The van der Waals surface area contributed by atoms with Crippen LogP contribution in [0, 0.1) is 0 Å². The monoisotopic (exact) mass is 268 g/mol. The van der Waals surface area contributed by atoms with Crippen molar-refractivity contribution in [2.24, 2.45) is 0 Å². The zero-order valence-electron chi connectivity index (χ0n) is 10.5. The first-order valence-corrected chi connectivity index (χ1v) is 6.05. The molecule has 6 nitrogen and oxygen atoms in total. The van der Waals surface area contributed by atoms with Crippen LogP contribution in [0.3, 0.4) is 0 Å². The van der Waals surface area contributed by atoms with E-state index < -0.39 is 0 Å². The Morgan fingerprint density at radius 1 is 1.10 bits per heavy atom. The van der Waals surface area contributed by atoms with Crippen LogP contribution in [0.25, 0.3) is 11.5 Å². The highest BCUT2D eigenvalue weighted by Crippen LogP contribution is 2.19. The summed E-state index contributed by atoms with van der Waals surface area (Å²) >= 11 is 0. The lowest BCUT2D eigenvalue weighted by Gasteiger charge is -2.06. The van der Waals surface area contributed by atoms with Crippen molar-refractivity contribution in [2.75, 3.05) is 5.32 Å². The van der Waals surface area contributed by atoms with Crippen LogP contribution in [-0.2, 0) is 6.54 Å². The van der Waals surface area contributed by atoms with E-state index in [1.807, 2.05) is 24.3 Å². The van der Waals surface area contributed by atoms with Crippen molar-refractivity contribution in [1.29, 1.82) is 0 Å². The van der Waals surface area contributed by atoms with E-state index in [1.54, 1.807) is 12.1 Å². The van der Waals surface area contributed by atoms with Gasteiger partial charge in [-0.2, -0.15) is 0 Å². The molecule has 100 valence electrons. The molecule has 2 N–H and O–H groups in total. The number of anilines is 1. The topological polar surface area (TPSA) is 84.1 Å². The number of nitrogens with zero attached hydrogens (tertiary/aromatic N) is 3. The minimum absolute atomic E-state index is 0.165. The molecule has 2 heterocycles. The summed E-state index contributed by atoms with van der Waals surface area (Å²) in [7, 11) is 0. The Morgan fingerprint density at radius 3 is 2.60 bits per heavy atom. The highest BCUT2D eigenvalue weighted by Gasteiger charge is 2.03. The molecule has 0 radical (unpaired) electrons. The number of rotatable bonds is 4. The molecule has 2 aromatic heterocycles. The van der Waals surface area contributed by atoms with Crippen molar-refractivity contribution in [3.05, 3.63) is 54.7 Å². The van der Waals surface area contributed by atoms with Gasteiger partial charge < -0.3 is 14.8 Å². The second-order valence-electron chi connectivity index (χ2n) is 4.18. The van der Waals surface area contributed by atoms with Crippen LogP contribution in [0.15, 0.2) is 53.4 Å². The van der Waals surface area contributed by atoms with Gasteiger partial charge in [0.05, 0.1) is 18.4 Å². The van der Waals surface area contributed by atoms with Gasteiger partial charge in [-0.1, -0.05) is 0 Å². The summed E-state index contributed by atoms with van der Waals surface area (Å²) in [4.78, 5) is 4.11. The standard InChI is InChI=1S/C14H12N4O2/c19-13-6-5-12(16-8-13)7-15-11-3-1-10(2-4-11)14-18-17-9-20-14/h1-6,8-9,15,19H,7H2. The summed E-state index contributed by atoms with van der Waals surface area (Å²) in [6.07, 6.45) is 2.73. The molecular weight excluding hydrogens is 256 g/mol. The van der Waals surface area contributed by atoms with Crippen molar-refractivity contribution < 1.29 is 9.52 Å². The fourth-order valence-electron chi connectivity index (χ4n) is 1.74. The second kappa shape index (κ2) is 5.40. The SMILES string of the molecule is Oc1ccc(CNc2ccc(-c3nnco3)cc2)nc1. The Morgan fingerprint density at radius 2 is 1.95 bits per heavy atom. The molecule has 0 aliphatic carbocycles. The van der Waals surface area contributed by atoms with Crippen LogP contribution >= 0.6 is 0 Å². The quantitative estimate of drug-likeness (QED) is 0.756. The van der Waals surface area contributed by atoms with Crippen LogP contribution in [0.4, 0.5) is 5.69 Å². The minimum Gasteiger partial charge on any atom is -0.506 e. The number of hydrogen-bond donors (Lipinski definition) is 2. The van der Waals surface area contributed by atoms with E-state index in [9.17, 15) is 0 Å². The van der Waals surface area contributed by atoms with Gasteiger partial charge in [0.1, 0.15) is 5.75 Å². The van der Waals surface area contributed by atoms with Gasteiger partial charge in [0.15, 0.2) is 0 Å². The van der Waals surface area contributed by atoms with Gasteiger partial charge in [-0.3, -0.25) is 4.98 Å². The normalized spacial score (nSPS) is 10.4. The van der Waals surface area contributed by atoms with Crippen molar-refractivity contribution in [3.8, 4) is 17.2 Å². The van der Waals surface area contributed by atoms with E-state index in [0.717, 1.165) is 16.9 Å². The number of hydrogen-bond acceptors (Lipinski definition) is 6. The smallest absolute Gasteiger partial charge is 0.247 e. The molecule has 0 aliphatic heterocycles. The number of aromatic nitrogens is 3. The highest BCUT2D eigenvalue weighted by atomic mass is 16.4. The molecule has 6 heteroatoms. The summed E-state index contributed by atoms with van der Waals surface area (Å²) in [6.45, 7) is 0.584. The zero-order valence-corrected chi connectivity index (χ0v) is 10.5. The molecule has 3 rings (SSSR count). The van der Waals surface area contributed by atoms with E-state index in [0.29, 0.717) is 12.4 Å². The van der Waals surface area contributed by atoms with Crippen molar-refractivity contribution in [1.82, 2.24) is 15.2 Å². The summed E-state index contributed by atoms with van der Waals surface area (Å²) < 4.78 is 5.12. The second-order valence-corrected chi connectivity index (χ2v) is 4.18. The van der Waals surface area contributed by atoms with Gasteiger partial charge in [-0.25, -0.2) is 0 Å². The molecule has 0 saturated carbocycles. The maximum Gasteiger partial charge on any atom is 0.247 e. The van der Waals surface area contributed by atoms with E-state index in [-0.39, 0.29) is 5.75 Å².